The van der Waals surface area contributed by atoms with E-state index in [0.717, 1.165) is 32.7 Å². The highest BCUT2D eigenvalue weighted by Gasteiger charge is 2.11. The fraction of sp³-hybridized carbons (Fsp3) is 0.500. The van der Waals surface area contributed by atoms with Gasteiger partial charge in [-0.15, -0.1) is 12.4 Å². The molecule has 0 atom stereocenters. The van der Waals surface area contributed by atoms with Crippen LogP contribution in [-0.2, 0) is 13.0 Å². The number of rotatable bonds is 8. The van der Waals surface area contributed by atoms with E-state index in [1.165, 1.54) is 0 Å². The van der Waals surface area contributed by atoms with Crippen molar-refractivity contribution in [2.75, 3.05) is 39.3 Å². The third kappa shape index (κ3) is 6.50. The monoisotopic (exact) mass is 395 g/mol. The maximum Gasteiger partial charge on any atom is 0.251 e. The molecule has 1 amide bonds. The lowest BCUT2D eigenvalue weighted by Gasteiger charge is -2.27. The number of piperazine rings is 1. The van der Waals surface area contributed by atoms with Crippen LogP contribution in [0.1, 0.15) is 29.0 Å². The van der Waals surface area contributed by atoms with Crippen LogP contribution < -0.4 is 15.4 Å². The number of carbonyl (C=O) groups excluding carboxylic acids is 1. The quantitative estimate of drug-likeness (QED) is 0.695. The lowest BCUT2D eigenvalue weighted by Crippen LogP contribution is -2.46. The van der Waals surface area contributed by atoms with E-state index in [-0.39, 0.29) is 24.9 Å². The zero-order valence-electron chi connectivity index (χ0n) is 15.4. The van der Waals surface area contributed by atoms with E-state index < -0.39 is 0 Å². The highest BCUT2D eigenvalue weighted by atomic mass is 35.5. The normalized spacial score (nSPS) is 14.4. The predicted molar refractivity (Wildman–Crippen MR) is 103 cm³/mol. The highest BCUT2D eigenvalue weighted by molar-refractivity contribution is 5.94. The summed E-state index contributed by atoms with van der Waals surface area (Å²) in [5.41, 5.74) is 0.616. The molecule has 0 radical (unpaired) electrons. The number of halogens is 1. The minimum atomic E-state index is -0.0718. The fourth-order valence-corrected chi connectivity index (χ4v) is 2.71. The van der Waals surface area contributed by atoms with Gasteiger partial charge in [-0.3, -0.25) is 9.69 Å². The summed E-state index contributed by atoms with van der Waals surface area (Å²) in [4.78, 5) is 18.7. The Kier molecular flexibility index (Phi) is 8.50. The molecule has 2 N–H and O–H groups in total. The van der Waals surface area contributed by atoms with Gasteiger partial charge in [0.2, 0.25) is 11.7 Å². The molecule has 9 heteroatoms. The van der Waals surface area contributed by atoms with Crippen molar-refractivity contribution in [2.24, 2.45) is 0 Å². The lowest BCUT2D eigenvalue weighted by molar-refractivity contribution is 0.0947. The molecule has 148 valence electrons. The minimum absolute atomic E-state index is 0. The summed E-state index contributed by atoms with van der Waals surface area (Å²) < 4.78 is 10.6. The Labute approximate surface area is 165 Å². The minimum Gasteiger partial charge on any atom is -0.485 e. The molecule has 27 heavy (non-hydrogen) atoms. The van der Waals surface area contributed by atoms with Crippen molar-refractivity contribution >= 4 is 18.3 Å². The number of benzene rings is 1. The van der Waals surface area contributed by atoms with Gasteiger partial charge in [0.25, 0.3) is 5.91 Å². The average Bonchev–Trinajstić information content (AvgIpc) is 3.16. The number of nitrogens with one attached hydrogen (secondary N) is 2. The topological polar surface area (TPSA) is 92.5 Å². The first-order chi connectivity index (χ1) is 12.7. The average molecular weight is 396 g/mol. The number of carbonyl (C=O) groups is 1. The maximum absolute atomic E-state index is 12.2. The molecule has 8 nitrogen and oxygen atoms in total. The van der Waals surface area contributed by atoms with Crippen molar-refractivity contribution in [1.29, 1.82) is 0 Å². The summed E-state index contributed by atoms with van der Waals surface area (Å²) in [6.07, 6.45) is 0.700. The molecule has 1 aromatic carbocycles. The van der Waals surface area contributed by atoms with Crippen molar-refractivity contribution in [3.05, 3.63) is 41.5 Å². The van der Waals surface area contributed by atoms with E-state index in [1.54, 1.807) is 24.3 Å². The van der Waals surface area contributed by atoms with Gasteiger partial charge in [0.15, 0.2) is 6.61 Å². The van der Waals surface area contributed by atoms with Gasteiger partial charge in [0.05, 0.1) is 0 Å². The van der Waals surface area contributed by atoms with Gasteiger partial charge in [-0.1, -0.05) is 12.1 Å². The molecule has 0 aliphatic carbocycles. The second-order valence-electron chi connectivity index (χ2n) is 6.12. The zero-order chi connectivity index (χ0) is 18.2. The highest BCUT2D eigenvalue weighted by Crippen LogP contribution is 2.13. The van der Waals surface area contributed by atoms with Crippen LogP contribution >= 0.6 is 12.4 Å². The number of aryl methyl sites for hydroxylation is 1. The van der Waals surface area contributed by atoms with Crippen LogP contribution in [0.5, 0.6) is 5.75 Å². The van der Waals surface area contributed by atoms with Gasteiger partial charge in [0.1, 0.15) is 5.75 Å². The van der Waals surface area contributed by atoms with Crippen LogP contribution in [0.2, 0.25) is 0 Å². The van der Waals surface area contributed by atoms with Crippen LogP contribution in [0.15, 0.2) is 28.8 Å². The Bertz CT molecular complexity index is 701. The van der Waals surface area contributed by atoms with Gasteiger partial charge >= 0.3 is 0 Å². The summed E-state index contributed by atoms with van der Waals surface area (Å²) in [5, 5.41) is 10.1. The Hall–Kier alpha value is -2.16. The van der Waals surface area contributed by atoms with Crippen molar-refractivity contribution in [1.82, 2.24) is 25.7 Å². The molecule has 0 unspecified atom stereocenters. The smallest absolute Gasteiger partial charge is 0.251 e. The van der Waals surface area contributed by atoms with Gasteiger partial charge in [-0.05, 0) is 24.3 Å². The number of hydrogen-bond donors (Lipinski definition) is 2. The van der Waals surface area contributed by atoms with Gasteiger partial charge in [0, 0.05) is 51.3 Å². The Morgan fingerprint density at radius 3 is 2.70 bits per heavy atom. The first-order valence-corrected chi connectivity index (χ1v) is 9.00. The fourth-order valence-electron chi connectivity index (χ4n) is 2.71. The van der Waals surface area contributed by atoms with Gasteiger partial charge < -0.3 is 19.9 Å². The Morgan fingerprint density at radius 2 is 2.04 bits per heavy atom. The van der Waals surface area contributed by atoms with Crippen LogP contribution in [-0.4, -0.2) is 60.2 Å². The zero-order valence-corrected chi connectivity index (χ0v) is 16.3. The molecule has 1 aromatic heterocycles. The maximum atomic E-state index is 12.2. The third-order valence-corrected chi connectivity index (χ3v) is 4.22. The van der Waals surface area contributed by atoms with E-state index in [4.69, 9.17) is 9.26 Å². The second kappa shape index (κ2) is 10.9. The first-order valence-electron chi connectivity index (χ1n) is 9.00. The number of amides is 1. The van der Waals surface area contributed by atoms with Crippen molar-refractivity contribution in [2.45, 2.75) is 20.0 Å². The molecule has 1 aliphatic rings. The van der Waals surface area contributed by atoms with Crippen molar-refractivity contribution in [3.63, 3.8) is 0 Å². The van der Waals surface area contributed by atoms with Crippen molar-refractivity contribution < 1.29 is 14.1 Å². The summed E-state index contributed by atoms with van der Waals surface area (Å²) in [5.74, 6) is 1.69. The standard InChI is InChI=1S/C18H25N5O3.ClH/c1-2-17-21-16(22-26-17)13-25-15-5-3-14(4-6-15)18(24)20-9-12-23-10-7-19-8-11-23;/h3-6,19H,2,7-13H2,1H3,(H,20,24);1H. The van der Waals surface area contributed by atoms with Crippen LogP contribution in [0.4, 0.5) is 0 Å². The van der Waals surface area contributed by atoms with Crippen LogP contribution in [0.25, 0.3) is 0 Å². The van der Waals surface area contributed by atoms with Gasteiger partial charge in [-0.2, -0.15) is 4.98 Å². The number of nitrogens with zero attached hydrogens (tertiary/aromatic N) is 3. The third-order valence-electron chi connectivity index (χ3n) is 4.22. The van der Waals surface area contributed by atoms with E-state index in [2.05, 4.69) is 25.7 Å². The molecule has 0 saturated carbocycles. The van der Waals surface area contributed by atoms with E-state index in [9.17, 15) is 4.79 Å². The largest absolute Gasteiger partial charge is 0.485 e. The molecule has 0 bridgehead atoms. The number of ether oxygens (including phenoxy) is 1. The summed E-state index contributed by atoms with van der Waals surface area (Å²) in [6, 6.07) is 7.05. The lowest BCUT2D eigenvalue weighted by atomic mass is 10.2. The summed E-state index contributed by atoms with van der Waals surface area (Å²) >= 11 is 0. The molecular formula is C18H26ClN5O3. The molecule has 2 heterocycles. The van der Waals surface area contributed by atoms with E-state index in [0.29, 0.717) is 36.0 Å². The number of hydrogen-bond acceptors (Lipinski definition) is 7. The first kappa shape index (κ1) is 21.1. The van der Waals surface area contributed by atoms with Crippen molar-refractivity contribution in [3.8, 4) is 5.75 Å². The Morgan fingerprint density at radius 1 is 1.30 bits per heavy atom. The van der Waals surface area contributed by atoms with E-state index in [1.807, 2.05) is 6.92 Å². The molecule has 1 fully saturated rings. The van der Waals surface area contributed by atoms with Crippen LogP contribution in [0, 0.1) is 0 Å². The van der Waals surface area contributed by atoms with Crippen LogP contribution in [0.3, 0.4) is 0 Å². The molecule has 3 rings (SSSR count). The molecular weight excluding hydrogens is 370 g/mol. The Balaban J connectivity index is 0.00000261. The summed E-state index contributed by atoms with van der Waals surface area (Å²) in [6.45, 7) is 7.79. The predicted octanol–water partition coefficient (Wildman–Crippen LogP) is 1.27. The summed E-state index contributed by atoms with van der Waals surface area (Å²) in [7, 11) is 0. The SMILES string of the molecule is CCc1nc(COc2ccc(C(=O)NCCN3CCNCC3)cc2)no1.Cl. The molecule has 2 aromatic rings. The van der Waals surface area contributed by atoms with E-state index >= 15 is 0 Å². The molecule has 1 aliphatic heterocycles. The molecule has 0 spiro atoms. The molecule has 1 saturated heterocycles. The second-order valence-corrected chi connectivity index (χ2v) is 6.12. The number of aromatic nitrogens is 2. The van der Waals surface area contributed by atoms with Gasteiger partial charge in [-0.25, -0.2) is 0 Å².